The second-order valence-electron chi connectivity index (χ2n) is 6.71. The fourth-order valence-corrected chi connectivity index (χ4v) is 4.27. The van der Waals surface area contributed by atoms with Gasteiger partial charge < -0.3 is 15.4 Å². The van der Waals surface area contributed by atoms with Crippen LogP contribution in [-0.2, 0) is 14.8 Å². The highest BCUT2D eigenvalue weighted by Gasteiger charge is 2.27. The van der Waals surface area contributed by atoms with Gasteiger partial charge in [0.25, 0.3) is 0 Å². The van der Waals surface area contributed by atoms with E-state index in [1.807, 2.05) is 6.92 Å². The lowest BCUT2D eigenvalue weighted by atomic mass is 10.1. The molecule has 1 aromatic rings. The van der Waals surface area contributed by atoms with Gasteiger partial charge in [0.15, 0.2) is 5.96 Å². The summed E-state index contributed by atoms with van der Waals surface area (Å²) in [6.45, 7) is 5.79. The molecule has 0 radical (unpaired) electrons. The molecule has 1 heterocycles. The van der Waals surface area contributed by atoms with Crippen molar-refractivity contribution in [3.05, 3.63) is 35.6 Å². The van der Waals surface area contributed by atoms with Gasteiger partial charge in [-0.05, 0) is 44.4 Å². The third-order valence-corrected chi connectivity index (χ3v) is 6.72. The van der Waals surface area contributed by atoms with Crippen molar-refractivity contribution < 1.29 is 17.5 Å². The monoisotopic (exact) mass is 542 g/mol. The Morgan fingerprint density at radius 2 is 1.90 bits per heavy atom. The molecule has 10 heteroatoms. The molecule has 166 valence electrons. The van der Waals surface area contributed by atoms with E-state index in [1.165, 1.54) is 12.1 Å². The van der Waals surface area contributed by atoms with Crippen molar-refractivity contribution in [3.8, 4) is 0 Å². The molecule has 2 rings (SSSR count). The van der Waals surface area contributed by atoms with Gasteiger partial charge >= 0.3 is 0 Å². The molecule has 1 fully saturated rings. The first-order chi connectivity index (χ1) is 13.4. The minimum absolute atomic E-state index is 0. The first kappa shape index (κ1) is 26.1. The van der Waals surface area contributed by atoms with E-state index in [4.69, 9.17) is 4.74 Å². The molecule has 0 spiro atoms. The van der Waals surface area contributed by atoms with Crippen molar-refractivity contribution in [1.82, 2.24) is 14.9 Å². The first-order valence-corrected chi connectivity index (χ1v) is 11.3. The van der Waals surface area contributed by atoms with E-state index in [0.29, 0.717) is 32.1 Å². The van der Waals surface area contributed by atoms with Gasteiger partial charge in [-0.1, -0.05) is 12.1 Å². The molecular weight excluding hydrogens is 510 g/mol. The predicted molar refractivity (Wildman–Crippen MR) is 125 cm³/mol. The smallest absolute Gasteiger partial charge is 0.213 e. The van der Waals surface area contributed by atoms with E-state index in [9.17, 15) is 12.8 Å². The summed E-state index contributed by atoms with van der Waals surface area (Å²) in [6, 6.07) is 6.37. The first-order valence-electron chi connectivity index (χ1n) is 9.70. The second kappa shape index (κ2) is 12.7. The molecular formula is C19H32FIN4O3S. The van der Waals surface area contributed by atoms with Crippen LogP contribution in [0.4, 0.5) is 4.39 Å². The second-order valence-corrected chi connectivity index (χ2v) is 8.97. The highest BCUT2D eigenvalue weighted by molar-refractivity contribution is 14.0. The summed E-state index contributed by atoms with van der Waals surface area (Å²) in [5.41, 5.74) is 0.863. The maximum atomic E-state index is 13.1. The molecule has 1 aliphatic rings. The van der Waals surface area contributed by atoms with Crippen LogP contribution in [0.15, 0.2) is 29.3 Å². The zero-order valence-electron chi connectivity index (χ0n) is 17.2. The molecule has 1 aliphatic heterocycles. The van der Waals surface area contributed by atoms with Crippen molar-refractivity contribution in [2.75, 3.05) is 39.0 Å². The summed E-state index contributed by atoms with van der Waals surface area (Å²) >= 11 is 0. The summed E-state index contributed by atoms with van der Waals surface area (Å²) in [5.74, 6) is 0.522. The minimum Gasteiger partial charge on any atom is -0.375 e. The average Bonchev–Trinajstić information content (AvgIpc) is 2.70. The van der Waals surface area contributed by atoms with Gasteiger partial charge in [0.2, 0.25) is 10.0 Å². The van der Waals surface area contributed by atoms with E-state index in [0.717, 1.165) is 18.4 Å². The Morgan fingerprint density at radius 3 is 2.41 bits per heavy atom. The Hall–Kier alpha value is -0.980. The Bertz CT molecular complexity index is 738. The molecule has 0 bridgehead atoms. The molecule has 7 nitrogen and oxygen atoms in total. The number of ether oxygens (including phenoxy) is 1. The van der Waals surface area contributed by atoms with Crippen LogP contribution >= 0.6 is 24.0 Å². The molecule has 1 saturated heterocycles. The number of guanidine groups is 1. The van der Waals surface area contributed by atoms with Gasteiger partial charge in [0.05, 0.1) is 12.3 Å². The highest BCUT2D eigenvalue weighted by atomic mass is 127. The summed E-state index contributed by atoms with van der Waals surface area (Å²) in [4.78, 5) is 4.61. The normalized spacial score (nSPS) is 17.4. The zero-order chi connectivity index (χ0) is 20.6. The number of hydrogen-bond donors (Lipinski definition) is 2. The van der Waals surface area contributed by atoms with Crippen LogP contribution in [0.2, 0.25) is 0 Å². The van der Waals surface area contributed by atoms with Crippen LogP contribution in [0, 0.1) is 5.82 Å². The Balaban J connectivity index is 0.00000420. The summed E-state index contributed by atoms with van der Waals surface area (Å²) in [5, 5.41) is 6.60. The van der Waals surface area contributed by atoms with Crippen LogP contribution in [0.25, 0.3) is 0 Å². The van der Waals surface area contributed by atoms with E-state index >= 15 is 0 Å². The number of halogens is 2. The van der Waals surface area contributed by atoms with Gasteiger partial charge in [-0.25, -0.2) is 17.1 Å². The quantitative estimate of drug-likeness (QED) is 0.300. The molecule has 1 aromatic carbocycles. The highest BCUT2D eigenvalue weighted by Crippen LogP contribution is 2.18. The van der Waals surface area contributed by atoms with Gasteiger partial charge in [-0.3, -0.25) is 4.99 Å². The SMILES string of the molecule is CCNC(=NCC(OC)c1ccc(F)cc1)NC1CCN(S(=O)(=O)CC)CC1.I. The third kappa shape index (κ3) is 7.99. The minimum atomic E-state index is -3.13. The summed E-state index contributed by atoms with van der Waals surface area (Å²) in [7, 11) is -1.52. The van der Waals surface area contributed by atoms with Crippen molar-refractivity contribution in [2.45, 2.75) is 38.8 Å². The molecule has 0 saturated carbocycles. The van der Waals surface area contributed by atoms with Gasteiger partial charge in [0, 0.05) is 32.8 Å². The summed E-state index contributed by atoms with van der Waals surface area (Å²) < 4.78 is 44.2. The number of nitrogens with zero attached hydrogens (tertiary/aromatic N) is 2. The maximum Gasteiger partial charge on any atom is 0.213 e. The number of piperidine rings is 1. The lowest BCUT2D eigenvalue weighted by Crippen LogP contribution is -2.50. The molecule has 1 unspecified atom stereocenters. The number of nitrogens with one attached hydrogen (secondary N) is 2. The number of methoxy groups -OCH3 is 1. The molecule has 0 aromatic heterocycles. The molecule has 2 N–H and O–H groups in total. The van der Waals surface area contributed by atoms with E-state index in [2.05, 4.69) is 15.6 Å². The third-order valence-electron chi connectivity index (χ3n) is 4.84. The van der Waals surface area contributed by atoms with Gasteiger partial charge in [-0.15, -0.1) is 24.0 Å². The number of rotatable bonds is 8. The van der Waals surface area contributed by atoms with Crippen molar-refractivity contribution in [1.29, 1.82) is 0 Å². The lowest BCUT2D eigenvalue weighted by molar-refractivity contribution is 0.111. The van der Waals surface area contributed by atoms with Crippen LogP contribution in [0.3, 0.4) is 0 Å². The van der Waals surface area contributed by atoms with Crippen molar-refractivity contribution in [3.63, 3.8) is 0 Å². The number of hydrogen-bond acceptors (Lipinski definition) is 4. The number of sulfonamides is 1. The zero-order valence-corrected chi connectivity index (χ0v) is 20.4. The van der Waals surface area contributed by atoms with Crippen molar-refractivity contribution in [2.24, 2.45) is 4.99 Å². The molecule has 0 amide bonds. The van der Waals surface area contributed by atoms with E-state index < -0.39 is 10.0 Å². The molecule has 0 aliphatic carbocycles. The average molecular weight is 542 g/mol. The number of benzene rings is 1. The largest absolute Gasteiger partial charge is 0.375 e. The van der Waals surface area contributed by atoms with E-state index in [-0.39, 0.29) is 47.7 Å². The summed E-state index contributed by atoms with van der Waals surface area (Å²) in [6.07, 6.45) is 1.19. The van der Waals surface area contributed by atoms with Crippen LogP contribution in [0.1, 0.15) is 38.4 Å². The maximum absolute atomic E-state index is 13.1. The topological polar surface area (TPSA) is 83.0 Å². The van der Waals surface area contributed by atoms with Gasteiger partial charge in [-0.2, -0.15) is 0 Å². The Kier molecular flexibility index (Phi) is 11.4. The molecule has 29 heavy (non-hydrogen) atoms. The van der Waals surface area contributed by atoms with E-state index in [1.54, 1.807) is 30.5 Å². The molecule has 1 atom stereocenters. The van der Waals surface area contributed by atoms with Crippen LogP contribution < -0.4 is 10.6 Å². The Labute approximate surface area is 190 Å². The fourth-order valence-electron chi connectivity index (χ4n) is 3.14. The fraction of sp³-hybridized carbons (Fsp3) is 0.632. The number of aliphatic imine (C=N–C) groups is 1. The van der Waals surface area contributed by atoms with Gasteiger partial charge in [0.1, 0.15) is 11.9 Å². The van der Waals surface area contributed by atoms with Crippen LogP contribution in [-0.4, -0.2) is 63.8 Å². The predicted octanol–water partition coefficient (Wildman–Crippen LogP) is 2.50. The van der Waals surface area contributed by atoms with Crippen LogP contribution in [0.5, 0.6) is 0 Å². The van der Waals surface area contributed by atoms with Crippen molar-refractivity contribution >= 4 is 40.0 Å². The lowest BCUT2D eigenvalue weighted by Gasteiger charge is -2.32. The standard InChI is InChI=1S/C19H31FN4O3S.HI/c1-4-21-19(22-14-18(27-3)15-6-8-16(20)9-7-15)23-17-10-12-24(13-11-17)28(25,26)5-2;/h6-9,17-18H,4-5,10-14H2,1-3H3,(H2,21,22,23);1H. The Morgan fingerprint density at radius 1 is 1.28 bits per heavy atom.